The zero-order chi connectivity index (χ0) is 22.1. The van der Waals surface area contributed by atoms with Gasteiger partial charge in [-0.1, -0.05) is 17.7 Å². The lowest BCUT2D eigenvalue weighted by molar-refractivity contribution is -0.0453. The Bertz CT molecular complexity index is 1130. The summed E-state index contributed by atoms with van der Waals surface area (Å²) in [6, 6.07) is 11.7. The number of carbonyl (C=O) groups is 1. The highest BCUT2D eigenvalue weighted by Gasteiger charge is 2.45. The molecule has 3 heterocycles. The Balaban J connectivity index is 1.27. The Labute approximate surface area is 189 Å². The number of hydrogen-bond donors (Lipinski definition) is 0. The normalized spacial score (nSPS) is 22.9. The Morgan fingerprint density at radius 1 is 1.22 bits per heavy atom. The van der Waals surface area contributed by atoms with Crippen LogP contribution in [0, 0.1) is 5.82 Å². The van der Waals surface area contributed by atoms with Crippen LogP contribution < -0.4 is 4.74 Å². The number of halogens is 2. The van der Waals surface area contributed by atoms with Gasteiger partial charge in [-0.05, 0) is 43.2 Å². The smallest absolute Gasteiger partial charge is 0.254 e. The van der Waals surface area contributed by atoms with E-state index in [1.54, 1.807) is 23.3 Å². The Hall–Kier alpha value is -2.97. The fourth-order valence-corrected chi connectivity index (χ4v) is 4.66. The molecule has 0 radical (unpaired) electrons. The summed E-state index contributed by atoms with van der Waals surface area (Å²) in [5.74, 6) is 0.00171. The van der Waals surface area contributed by atoms with Crippen molar-refractivity contribution in [3.63, 3.8) is 0 Å². The highest BCUT2D eigenvalue weighted by Crippen LogP contribution is 2.37. The van der Waals surface area contributed by atoms with Crippen LogP contribution in [0.3, 0.4) is 0 Å². The first-order valence-corrected chi connectivity index (χ1v) is 10.9. The number of aromatic nitrogens is 3. The summed E-state index contributed by atoms with van der Waals surface area (Å²) >= 11 is 5.86. The number of piperidine rings is 1. The van der Waals surface area contributed by atoms with E-state index >= 15 is 0 Å². The van der Waals surface area contributed by atoms with Gasteiger partial charge in [-0.2, -0.15) is 0 Å². The Morgan fingerprint density at radius 2 is 2.06 bits per heavy atom. The molecule has 166 valence electrons. The number of benzene rings is 2. The summed E-state index contributed by atoms with van der Waals surface area (Å²) < 4.78 is 27.3. The third-order valence-electron chi connectivity index (χ3n) is 6.01. The number of nitrogens with zero attached hydrogens (tertiary/aromatic N) is 4. The molecular weight excluding hydrogens is 435 g/mol. The molecule has 0 unspecified atom stereocenters. The quantitative estimate of drug-likeness (QED) is 0.595. The van der Waals surface area contributed by atoms with E-state index < -0.39 is 11.4 Å². The number of rotatable bonds is 4. The van der Waals surface area contributed by atoms with Crippen molar-refractivity contribution in [2.45, 2.75) is 31.0 Å². The van der Waals surface area contributed by atoms with E-state index in [0.717, 1.165) is 18.5 Å². The van der Waals surface area contributed by atoms with Crippen molar-refractivity contribution in [3.05, 3.63) is 71.5 Å². The van der Waals surface area contributed by atoms with Crippen molar-refractivity contribution >= 4 is 17.5 Å². The van der Waals surface area contributed by atoms with Crippen molar-refractivity contribution < 1.29 is 18.7 Å². The van der Waals surface area contributed by atoms with Gasteiger partial charge in [-0.3, -0.25) is 9.36 Å². The standard InChI is InChI=1S/C23H22ClFN4O3/c24-20-10-18(5-6-21(20)25)32-19-11-23(31-12-19)7-2-8-28(13-23)22(30)16-3-1-4-17(9-16)29-14-26-27-15-29/h1,3-6,9-10,14-15,19H,2,7-8,11-13H2/t19-,23+/m1/s1. The van der Waals surface area contributed by atoms with Gasteiger partial charge in [-0.25, -0.2) is 4.39 Å². The van der Waals surface area contributed by atoms with E-state index in [2.05, 4.69) is 10.2 Å². The second-order valence-electron chi connectivity index (χ2n) is 8.26. The minimum atomic E-state index is -0.479. The second kappa shape index (κ2) is 8.52. The van der Waals surface area contributed by atoms with E-state index in [1.807, 2.05) is 29.2 Å². The van der Waals surface area contributed by atoms with Crippen molar-refractivity contribution in [1.29, 1.82) is 0 Å². The van der Waals surface area contributed by atoms with E-state index in [1.165, 1.54) is 12.1 Å². The first-order valence-electron chi connectivity index (χ1n) is 10.5. The average Bonchev–Trinajstić information content (AvgIpc) is 3.47. The molecule has 5 rings (SSSR count). The number of likely N-dealkylation sites (tertiary alicyclic amines) is 1. The zero-order valence-corrected chi connectivity index (χ0v) is 18.0. The summed E-state index contributed by atoms with van der Waals surface area (Å²) in [5.41, 5.74) is 1.00. The molecule has 0 saturated carbocycles. The molecule has 0 aliphatic carbocycles. The Kier molecular flexibility index (Phi) is 5.57. The molecule has 1 amide bonds. The maximum Gasteiger partial charge on any atom is 0.254 e. The van der Waals surface area contributed by atoms with Crippen LogP contribution in [0.5, 0.6) is 5.75 Å². The predicted molar refractivity (Wildman–Crippen MR) is 116 cm³/mol. The van der Waals surface area contributed by atoms with E-state index in [4.69, 9.17) is 21.1 Å². The molecule has 1 spiro atoms. The van der Waals surface area contributed by atoms with Crippen LogP contribution in [-0.2, 0) is 4.74 Å². The third-order valence-corrected chi connectivity index (χ3v) is 6.30. The number of carbonyl (C=O) groups excluding carboxylic acids is 1. The first kappa shape index (κ1) is 20.9. The fraction of sp³-hybridized carbons (Fsp3) is 0.348. The van der Waals surface area contributed by atoms with Gasteiger partial charge < -0.3 is 14.4 Å². The van der Waals surface area contributed by atoms with Gasteiger partial charge in [0.1, 0.15) is 30.3 Å². The van der Waals surface area contributed by atoms with Gasteiger partial charge in [0.2, 0.25) is 0 Å². The molecule has 0 N–H and O–H groups in total. The van der Waals surface area contributed by atoms with Crippen LogP contribution >= 0.6 is 11.6 Å². The summed E-state index contributed by atoms with van der Waals surface area (Å²) in [6.07, 6.45) is 5.39. The average molecular weight is 457 g/mol. The Morgan fingerprint density at radius 3 is 2.88 bits per heavy atom. The van der Waals surface area contributed by atoms with Gasteiger partial charge in [0.15, 0.2) is 0 Å². The minimum Gasteiger partial charge on any atom is -0.488 e. The van der Waals surface area contributed by atoms with Crippen molar-refractivity contribution in [1.82, 2.24) is 19.7 Å². The lowest BCUT2D eigenvalue weighted by atomic mass is 9.89. The van der Waals surface area contributed by atoms with E-state index in [0.29, 0.717) is 37.4 Å². The molecule has 7 nitrogen and oxygen atoms in total. The third kappa shape index (κ3) is 4.20. The largest absolute Gasteiger partial charge is 0.488 e. The fourth-order valence-electron chi connectivity index (χ4n) is 4.49. The summed E-state index contributed by atoms with van der Waals surface area (Å²) in [6.45, 7) is 1.60. The zero-order valence-electron chi connectivity index (χ0n) is 17.3. The molecule has 32 heavy (non-hydrogen) atoms. The summed E-state index contributed by atoms with van der Waals surface area (Å²) in [7, 11) is 0. The molecule has 2 aliphatic rings. The van der Waals surface area contributed by atoms with E-state index in [9.17, 15) is 9.18 Å². The molecule has 1 aromatic heterocycles. The van der Waals surface area contributed by atoms with Crippen LogP contribution in [0.1, 0.15) is 29.6 Å². The molecular formula is C23H22ClFN4O3. The maximum atomic E-state index is 13.4. The number of hydrogen-bond acceptors (Lipinski definition) is 5. The van der Waals surface area contributed by atoms with Crippen molar-refractivity contribution in [2.75, 3.05) is 19.7 Å². The molecule has 2 fully saturated rings. The van der Waals surface area contributed by atoms with E-state index in [-0.39, 0.29) is 17.0 Å². The lowest BCUT2D eigenvalue weighted by Gasteiger charge is -2.39. The van der Waals surface area contributed by atoms with Crippen LogP contribution in [0.2, 0.25) is 5.02 Å². The molecule has 0 bridgehead atoms. The van der Waals surface area contributed by atoms with Gasteiger partial charge >= 0.3 is 0 Å². The summed E-state index contributed by atoms with van der Waals surface area (Å²) in [4.78, 5) is 15.1. The topological polar surface area (TPSA) is 69.5 Å². The van der Waals surface area contributed by atoms with Gasteiger partial charge in [0, 0.05) is 30.3 Å². The highest BCUT2D eigenvalue weighted by molar-refractivity contribution is 6.30. The molecule has 2 saturated heterocycles. The number of ether oxygens (including phenoxy) is 2. The monoisotopic (exact) mass is 456 g/mol. The maximum absolute atomic E-state index is 13.4. The molecule has 9 heteroatoms. The number of amides is 1. The molecule has 2 aromatic carbocycles. The van der Waals surface area contributed by atoms with Crippen LogP contribution in [-0.4, -0.2) is 57.0 Å². The predicted octanol–water partition coefficient (Wildman–Crippen LogP) is 3.90. The SMILES string of the molecule is O=C(c1cccc(-n2cnnc2)c1)N1CCC[C@]2(C[C@@H](Oc3ccc(F)c(Cl)c3)CO2)C1. The summed E-state index contributed by atoms with van der Waals surface area (Å²) in [5, 5.41) is 7.67. The van der Waals surface area contributed by atoms with Crippen LogP contribution in [0.4, 0.5) is 4.39 Å². The van der Waals surface area contributed by atoms with Gasteiger partial charge in [0.25, 0.3) is 5.91 Å². The van der Waals surface area contributed by atoms with Gasteiger partial charge in [0.05, 0.1) is 23.8 Å². The minimum absolute atomic E-state index is 0.0271. The molecule has 2 atom stereocenters. The highest BCUT2D eigenvalue weighted by atomic mass is 35.5. The van der Waals surface area contributed by atoms with Crippen LogP contribution in [0.25, 0.3) is 5.69 Å². The van der Waals surface area contributed by atoms with Crippen molar-refractivity contribution in [3.8, 4) is 11.4 Å². The molecule has 3 aromatic rings. The van der Waals surface area contributed by atoms with Crippen molar-refractivity contribution in [2.24, 2.45) is 0 Å². The van der Waals surface area contributed by atoms with Crippen LogP contribution in [0.15, 0.2) is 55.1 Å². The first-order chi connectivity index (χ1) is 15.5. The molecule has 2 aliphatic heterocycles. The second-order valence-corrected chi connectivity index (χ2v) is 8.67. The van der Waals surface area contributed by atoms with Gasteiger partial charge in [-0.15, -0.1) is 10.2 Å². The lowest BCUT2D eigenvalue weighted by Crippen LogP contribution is -2.50.